The minimum Gasteiger partial charge on any atom is -0.458 e. The van der Waals surface area contributed by atoms with Crippen LogP contribution >= 0.6 is 23.4 Å². The van der Waals surface area contributed by atoms with Crippen molar-refractivity contribution in [3.8, 4) is 0 Å². The molecular formula is C14H17ClN2OS. The van der Waals surface area contributed by atoms with E-state index >= 15 is 0 Å². The molecule has 0 aliphatic carbocycles. The molecule has 1 saturated heterocycles. The van der Waals surface area contributed by atoms with Crippen LogP contribution in [0.4, 0.5) is 0 Å². The van der Waals surface area contributed by atoms with Gasteiger partial charge in [0.25, 0.3) is 0 Å². The van der Waals surface area contributed by atoms with Gasteiger partial charge >= 0.3 is 0 Å². The maximum absolute atomic E-state index is 6.15. The molecule has 1 fully saturated rings. The number of para-hydroxylation sites is 1. The molecule has 2 heterocycles. The summed E-state index contributed by atoms with van der Waals surface area (Å²) in [5.74, 6) is 7.82. The number of hydrazine groups is 1. The van der Waals surface area contributed by atoms with E-state index in [1.807, 2.05) is 36.0 Å². The Bertz CT molecular complexity index is 566. The number of thioether (sulfide) groups is 1. The van der Waals surface area contributed by atoms with E-state index in [1.54, 1.807) is 0 Å². The third-order valence-electron chi connectivity index (χ3n) is 3.59. The van der Waals surface area contributed by atoms with Gasteiger partial charge in [0.2, 0.25) is 0 Å². The van der Waals surface area contributed by atoms with E-state index in [1.165, 1.54) is 25.0 Å². The first kappa shape index (κ1) is 13.3. The Balaban J connectivity index is 1.94. The van der Waals surface area contributed by atoms with Crippen LogP contribution in [0.25, 0.3) is 11.0 Å². The highest BCUT2D eigenvalue weighted by Crippen LogP contribution is 2.37. The lowest BCUT2D eigenvalue weighted by molar-refractivity contribution is 0.409. The number of benzene rings is 1. The summed E-state index contributed by atoms with van der Waals surface area (Å²) in [5, 5.41) is 2.15. The monoisotopic (exact) mass is 296 g/mol. The second-order valence-corrected chi connectivity index (χ2v) is 6.61. The lowest BCUT2D eigenvalue weighted by Crippen LogP contribution is -2.36. The van der Waals surface area contributed by atoms with E-state index in [0.717, 1.165) is 16.7 Å². The van der Waals surface area contributed by atoms with Gasteiger partial charge in [0.1, 0.15) is 5.76 Å². The molecule has 2 atom stereocenters. The highest BCUT2D eigenvalue weighted by Gasteiger charge is 2.27. The van der Waals surface area contributed by atoms with Gasteiger partial charge in [-0.1, -0.05) is 30.2 Å². The second-order valence-electron chi connectivity index (χ2n) is 4.86. The van der Waals surface area contributed by atoms with E-state index < -0.39 is 0 Å². The fourth-order valence-electron chi connectivity index (χ4n) is 2.60. The van der Waals surface area contributed by atoms with E-state index in [4.69, 9.17) is 21.9 Å². The minimum absolute atomic E-state index is 0.0498. The molecule has 0 amide bonds. The minimum atomic E-state index is 0.0498. The van der Waals surface area contributed by atoms with Gasteiger partial charge < -0.3 is 4.42 Å². The Kier molecular flexibility index (Phi) is 4.03. The summed E-state index contributed by atoms with van der Waals surface area (Å²) in [6.45, 7) is 0. The van der Waals surface area contributed by atoms with Crippen LogP contribution < -0.4 is 11.3 Å². The first-order valence-corrected chi connectivity index (χ1v) is 7.98. The zero-order valence-electron chi connectivity index (χ0n) is 10.6. The molecule has 102 valence electrons. The molecule has 0 bridgehead atoms. The number of rotatable bonds is 3. The van der Waals surface area contributed by atoms with Gasteiger partial charge in [0.15, 0.2) is 5.58 Å². The molecule has 1 aromatic heterocycles. The van der Waals surface area contributed by atoms with Crippen LogP contribution in [0.15, 0.2) is 28.7 Å². The van der Waals surface area contributed by atoms with Crippen LogP contribution in [-0.4, -0.2) is 11.0 Å². The molecule has 3 N–H and O–H groups in total. The molecule has 3 rings (SSSR count). The molecule has 1 aliphatic rings. The van der Waals surface area contributed by atoms with Gasteiger partial charge in [0, 0.05) is 10.6 Å². The molecule has 2 aromatic rings. The summed E-state index contributed by atoms with van der Waals surface area (Å²) in [6, 6.07) is 7.88. The van der Waals surface area contributed by atoms with Crippen molar-refractivity contribution in [1.82, 2.24) is 5.43 Å². The van der Waals surface area contributed by atoms with E-state index in [9.17, 15) is 0 Å². The predicted molar refractivity (Wildman–Crippen MR) is 81.4 cm³/mol. The summed E-state index contributed by atoms with van der Waals surface area (Å²) < 4.78 is 5.92. The molecule has 0 spiro atoms. The second kappa shape index (κ2) is 5.75. The number of fused-ring (bicyclic) bond motifs is 1. The Morgan fingerprint density at radius 3 is 3.00 bits per heavy atom. The molecule has 0 saturated carbocycles. The normalized spacial score (nSPS) is 21.7. The van der Waals surface area contributed by atoms with Crippen LogP contribution in [0, 0.1) is 0 Å². The zero-order chi connectivity index (χ0) is 13.2. The number of nitrogens with one attached hydrogen (secondary N) is 1. The molecular weight excluding hydrogens is 280 g/mol. The summed E-state index contributed by atoms with van der Waals surface area (Å²) >= 11 is 8.12. The Hall–Kier alpha value is -0.680. The summed E-state index contributed by atoms with van der Waals surface area (Å²) in [4.78, 5) is 0. The van der Waals surface area contributed by atoms with Gasteiger partial charge in [-0.05, 0) is 30.7 Å². The zero-order valence-corrected chi connectivity index (χ0v) is 12.1. The van der Waals surface area contributed by atoms with E-state index in [2.05, 4.69) is 5.43 Å². The third-order valence-corrected chi connectivity index (χ3v) is 5.35. The molecule has 2 unspecified atom stereocenters. The maximum Gasteiger partial charge on any atom is 0.152 e. The average Bonchev–Trinajstić information content (AvgIpc) is 2.86. The van der Waals surface area contributed by atoms with Crippen molar-refractivity contribution in [2.75, 3.05) is 5.75 Å². The van der Waals surface area contributed by atoms with Crippen LogP contribution in [0.5, 0.6) is 0 Å². The fraction of sp³-hybridized carbons (Fsp3) is 0.429. The van der Waals surface area contributed by atoms with Crippen LogP contribution in [0.3, 0.4) is 0 Å². The highest BCUT2D eigenvalue weighted by molar-refractivity contribution is 8.00. The Morgan fingerprint density at radius 2 is 2.32 bits per heavy atom. The van der Waals surface area contributed by atoms with Crippen LogP contribution in [-0.2, 0) is 0 Å². The van der Waals surface area contributed by atoms with Crippen molar-refractivity contribution in [1.29, 1.82) is 0 Å². The average molecular weight is 297 g/mol. The van der Waals surface area contributed by atoms with Crippen molar-refractivity contribution in [2.45, 2.75) is 30.6 Å². The van der Waals surface area contributed by atoms with Crippen LogP contribution in [0.1, 0.15) is 31.1 Å². The molecule has 19 heavy (non-hydrogen) atoms. The standard InChI is InChI=1S/C14H17ClN2OS/c15-10-5-3-4-9-8-11(18-14(9)10)13(17-16)12-6-1-2-7-19-12/h3-5,8,12-13,17H,1-2,6-7,16H2. The smallest absolute Gasteiger partial charge is 0.152 e. The van der Waals surface area contributed by atoms with Gasteiger partial charge in [-0.2, -0.15) is 11.8 Å². The summed E-state index contributed by atoms with van der Waals surface area (Å²) in [5.41, 5.74) is 3.66. The van der Waals surface area contributed by atoms with Crippen LogP contribution in [0.2, 0.25) is 5.02 Å². The van der Waals surface area contributed by atoms with Gasteiger partial charge in [0.05, 0.1) is 11.1 Å². The largest absolute Gasteiger partial charge is 0.458 e. The Morgan fingerprint density at radius 1 is 1.42 bits per heavy atom. The summed E-state index contributed by atoms with van der Waals surface area (Å²) in [7, 11) is 0. The van der Waals surface area contributed by atoms with Gasteiger partial charge in [-0.3, -0.25) is 5.84 Å². The Labute approximate surface area is 121 Å². The lowest BCUT2D eigenvalue weighted by atomic mass is 10.1. The summed E-state index contributed by atoms with van der Waals surface area (Å²) in [6.07, 6.45) is 3.73. The topological polar surface area (TPSA) is 51.2 Å². The van der Waals surface area contributed by atoms with Crippen molar-refractivity contribution in [2.24, 2.45) is 5.84 Å². The SMILES string of the molecule is NNC(c1cc2cccc(Cl)c2o1)C1CCCCS1. The van der Waals surface area contributed by atoms with Crippen molar-refractivity contribution >= 4 is 34.3 Å². The maximum atomic E-state index is 6.15. The lowest BCUT2D eigenvalue weighted by Gasteiger charge is -2.27. The van der Waals surface area contributed by atoms with Crippen molar-refractivity contribution < 1.29 is 4.42 Å². The van der Waals surface area contributed by atoms with E-state index in [0.29, 0.717) is 10.3 Å². The first-order chi connectivity index (χ1) is 9.29. The molecule has 0 radical (unpaired) electrons. The van der Waals surface area contributed by atoms with E-state index in [-0.39, 0.29) is 6.04 Å². The highest BCUT2D eigenvalue weighted by atomic mass is 35.5. The molecule has 5 heteroatoms. The number of nitrogens with two attached hydrogens (primary N) is 1. The first-order valence-electron chi connectivity index (χ1n) is 6.55. The number of hydrogen-bond acceptors (Lipinski definition) is 4. The van der Waals surface area contributed by atoms with Gasteiger partial charge in [-0.15, -0.1) is 0 Å². The molecule has 1 aromatic carbocycles. The number of furan rings is 1. The molecule has 3 nitrogen and oxygen atoms in total. The molecule has 1 aliphatic heterocycles. The number of hydrogen-bond donors (Lipinski definition) is 2. The van der Waals surface area contributed by atoms with Crippen molar-refractivity contribution in [3.63, 3.8) is 0 Å². The van der Waals surface area contributed by atoms with Crippen molar-refractivity contribution in [3.05, 3.63) is 35.0 Å². The quantitative estimate of drug-likeness (QED) is 0.667. The van der Waals surface area contributed by atoms with Gasteiger partial charge in [-0.25, -0.2) is 5.43 Å². The third kappa shape index (κ3) is 2.63. The fourth-order valence-corrected chi connectivity index (χ4v) is 4.23. The predicted octanol–water partition coefficient (Wildman–Crippen LogP) is 3.88. The number of halogens is 1.